The van der Waals surface area contributed by atoms with Gasteiger partial charge < -0.3 is 14.2 Å². The molecule has 21 fully saturated rings. The maximum Gasteiger partial charge on any atom is 0.410 e. The Hall–Kier alpha value is -1.68. The van der Waals surface area contributed by atoms with Crippen molar-refractivity contribution < 1.29 is 129 Å². The second-order valence-electron chi connectivity index (χ2n) is 35.0. The van der Waals surface area contributed by atoms with E-state index in [2.05, 4.69) is 40.7 Å². The van der Waals surface area contributed by atoms with E-state index < -0.39 is 156 Å². The fourth-order valence-corrected chi connectivity index (χ4v) is 38.7. The minimum atomic E-state index is -4.72. The normalized spacial score (nSPS) is 57.4. The molecule has 13 heterocycles. The molecule has 36 unspecified atom stereocenters. The summed E-state index contributed by atoms with van der Waals surface area (Å²) < 4.78 is 290. The number of nitrogens with zero attached hydrogens (tertiary/aromatic N) is 1. The molecule has 21 rings (SSSR count). The third-order valence-electron chi connectivity index (χ3n) is 31.1. The number of alkyl halides is 6. The van der Waals surface area contributed by atoms with Crippen LogP contribution in [0, 0.1) is 116 Å². The maximum atomic E-state index is 13.1. The Kier molecular flexibility index (Phi) is 16.2. The number of hydrogen-bond acceptors (Lipinski definition) is 25. The SMILES string of the molecule is CC1(C)C2CC3C(O2)C1OS3(=O)=O.CC1C2(C)CC3C1(C)C(C)(OS3(=O)=O)C2(C)C.CC1C2CC3C(O2)C1(C)OS3(=O)=O.CC1C2CC3C(O2)C1OS3(=O)=O.CC1C2CC3C1OS(=O)(=O)C3(C(F)(F)F)C2.CC1C2CC3C1OS(=O)(=O)C3C2C#N.CC1C2CC3C1OS(=O)(=O)C3C2C(F)(F)F. The summed E-state index contributed by atoms with van der Waals surface area (Å²) in [5.41, 5.74) is -1.61. The van der Waals surface area contributed by atoms with E-state index in [-0.39, 0.29) is 147 Å². The first-order valence-corrected chi connectivity index (χ1v) is 45.2. The standard InChI is InChI=1S/C13H22O3S.2C9H11F3O3S.C9H11NO3S.2C8H12O4S.C7H10O4S/c1-8-11(4)7-9-12(8,5)13(6,10(11,2)3)16-17(9,14)15;1-4-5-2-6-7(4)15-16(13,14)8(6,3-5)9(10,11)12;1-3-4-2-5-7(3)15-16(13,14)8(5)6(4)9(10,11)12;1-4-5-2-6-8(4)13-14(11,12)9(6)7(5)3-10;1-8(2)5-3-4-6(11-5)7(8)12-13(4,9)10;1-4-5-3-6-7(11-5)8(4,2)12-13(6,9)10;1-3-4-2-5-7(10-4)6(3)11-12(5,8)9/h8-9H,7H2,1-6H3;4-7H,2-3H2,1H3;3-8H,2H2,1H3;4-9H,2H2,1H3;2*4-7H,3H2,1-2H3;3-7H,2H2,1H3. The minimum Gasteiger partial charge on any atom is -0.370 e. The van der Waals surface area contributed by atoms with Crippen LogP contribution in [0.25, 0.3) is 0 Å². The van der Waals surface area contributed by atoms with Gasteiger partial charge in [0.2, 0.25) is 0 Å². The van der Waals surface area contributed by atoms with Gasteiger partial charge in [-0.2, -0.15) is 90.5 Å². The number of halogens is 6. The van der Waals surface area contributed by atoms with Crippen LogP contribution < -0.4 is 0 Å². The van der Waals surface area contributed by atoms with E-state index in [4.69, 9.17) is 48.8 Å². The quantitative estimate of drug-likeness (QED) is 0.178. The predicted molar refractivity (Wildman–Crippen MR) is 339 cm³/mol. The first kappa shape index (κ1) is 74.8. The second-order valence-corrected chi connectivity index (χ2v) is 47.3. The van der Waals surface area contributed by atoms with Crippen molar-refractivity contribution in [2.45, 2.75) is 275 Å². The Labute approximate surface area is 587 Å². The van der Waals surface area contributed by atoms with Gasteiger partial charge in [0.25, 0.3) is 70.8 Å². The molecule has 0 aromatic carbocycles. The zero-order valence-corrected chi connectivity index (χ0v) is 63.6. The van der Waals surface area contributed by atoms with Crippen LogP contribution in [-0.4, -0.2) is 186 Å². The number of rotatable bonds is 0. The van der Waals surface area contributed by atoms with Crippen molar-refractivity contribution in [2.24, 2.45) is 105 Å². The van der Waals surface area contributed by atoms with Crippen molar-refractivity contribution in [3.05, 3.63) is 0 Å². The lowest BCUT2D eigenvalue weighted by atomic mass is 9.57. The average molecular weight is 1580 g/mol. The van der Waals surface area contributed by atoms with E-state index in [1.807, 2.05) is 48.5 Å². The van der Waals surface area contributed by atoms with Crippen LogP contribution in [0.5, 0.6) is 0 Å². The lowest BCUT2D eigenvalue weighted by Gasteiger charge is -2.49. The van der Waals surface area contributed by atoms with E-state index in [9.17, 15) is 85.3 Å². The van der Waals surface area contributed by atoms with Gasteiger partial charge in [-0.25, -0.2) is 0 Å². The molecule has 13 saturated heterocycles. The van der Waals surface area contributed by atoms with E-state index in [1.54, 1.807) is 13.8 Å². The van der Waals surface area contributed by atoms with E-state index in [0.717, 1.165) is 12.8 Å². The molecule has 101 heavy (non-hydrogen) atoms. The summed E-state index contributed by atoms with van der Waals surface area (Å²) >= 11 is 0. The zero-order valence-electron chi connectivity index (χ0n) is 57.9. The first-order valence-electron chi connectivity index (χ1n) is 34.9. The summed E-state index contributed by atoms with van der Waals surface area (Å²) in [6, 6.07) is 2.15. The minimum absolute atomic E-state index is 0.0464. The van der Waals surface area contributed by atoms with Crippen LogP contribution in [0.2, 0.25) is 0 Å². The maximum absolute atomic E-state index is 13.1. The highest BCUT2D eigenvalue weighted by Gasteiger charge is 2.87. The van der Waals surface area contributed by atoms with Gasteiger partial charge >= 0.3 is 12.4 Å². The molecule has 0 aromatic rings. The van der Waals surface area contributed by atoms with Crippen molar-refractivity contribution in [3.8, 4) is 6.07 Å². The van der Waals surface area contributed by atoms with Gasteiger partial charge in [-0.1, -0.05) is 83.1 Å². The van der Waals surface area contributed by atoms with E-state index >= 15 is 0 Å². The lowest BCUT2D eigenvalue weighted by Crippen LogP contribution is -2.54. The van der Waals surface area contributed by atoms with Crippen molar-refractivity contribution in [1.29, 1.82) is 5.26 Å². The summed E-state index contributed by atoms with van der Waals surface area (Å²) in [5.74, 6) is -3.22. The summed E-state index contributed by atoms with van der Waals surface area (Å²) in [7, 11) is -25.3. The summed E-state index contributed by atoms with van der Waals surface area (Å²) in [6.45, 7) is 28.2. The number of ether oxygens (including phenoxy) is 3. The topological polar surface area (TPSA) is 355 Å². The van der Waals surface area contributed by atoms with Gasteiger partial charge in [0.05, 0.1) is 65.4 Å². The van der Waals surface area contributed by atoms with Gasteiger partial charge in [0.15, 0.2) is 4.75 Å². The number of nitriles is 1. The van der Waals surface area contributed by atoms with Crippen LogP contribution in [0.1, 0.15) is 148 Å². The molecule has 25 nitrogen and oxygen atoms in total. The monoisotopic (exact) mass is 1580 g/mol. The van der Waals surface area contributed by atoms with Crippen LogP contribution in [0.15, 0.2) is 0 Å². The fourth-order valence-electron chi connectivity index (χ4n) is 24.4. The largest absolute Gasteiger partial charge is 0.410 e. The van der Waals surface area contributed by atoms with Gasteiger partial charge in [-0.05, 0) is 112 Å². The van der Waals surface area contributed by atoms with E-state index in [0.29, 0.717) is 38.0 Å². The predicted octanol–water partition coefficient (Wildman–Crippen LogP) is 6.77. The summed E-state index contributed by atoms with van der Waals surface area (Å²) in [4.78, 5) is 0. The Morgan fingerprint density at radius 2 is 1.03 bits per heavy atom. The molecule has 8 saturated carbocycles. The Morgan fingerprint density at radius 3 is 1.54 bits per heavy atom. The molecule has 21 aliphatic rings. The smallest absolute Gasteiger partial charge is 0.370 e. The molecular formula is C63H89F6NO24S7. The van der Waals surface area contributed by atoms with Crippen molar-refractivity contribution in [2.75, 3.05) is 0 Å². The van der Waals surface area contributed by atoms with Crippen molar-refractivity contribution >= 4 is 70.8 Å². The lowest BCUT2D eigenvalue weighted by molar-refractivity contribution is -0.190. The highest BCUT2D eigenvalue weighted by Crippen LogP contribution is 2.82. The second kappa shape index (κ2) is 21.9. The summed E-state index contributed by atoms with van der Waals surface area (Å²) in [6.07, 6.45) is -7.57. The molecule has 0 radical (unpaired) electrons. The van der Waals surface area contributed by atoms with Crippen LogP contribution in [0.3, 0.4) is 0 Å². The molecule has 0 amide bonds. The molecule has 36 atom stereocenters. The fraction of sp³-hybridized carbons (Fsp3) is 0.984. The third-order valence-corrected chi connectivity index (χ3v) is 43.8. The summed E-state index contributed by atoms with van der Waals surface area (Å²) in [5, 5.41) is 5.63. The molecule has 38 heteroatoms. The Balaban J connectivity index is 0.0000000957. The first-order chi connectivity index (χ1) is 45.9. The molecule has 8 aliphatic carbocycles. The zero-order chi connectivity index (χ0) is 74.3. The van der Waals surface area contributed by atoms with Crippen molar-refractivity contribution in [3.63, 3.8) is 0 Å². The molecule has 13 aliphatic heterocycles. The van der Waals surface area contributed by atoms with Crippen LogP contribution >= 0.6 is 0 Å². The molecule has 0 spiro atoms. The van der Waals surface area contributed by atoms with Crippen molar-refractivity contribution in [1.82, 2.24) is 0 Å². The highest BCUT2D eigenvalue weighted by molar-refractivity contribution is 7.89. The van der Waals surface area contributed by atoms with Gasteiger partial charge in [-0.15, -0.1) is 0 Å². The van der Waals surface area contributed by atoms with Gasteiger partial charge in [-0.3, -0.25) is 29.3 Å². The van der Waals surface area contributed by atoms with Crippen LogP contribution in [0.4, 0.5) is 26.3 Å². The third kappa shape index (κ3) is 9.47. The average Bonchev–Trinajstić information content (AvgIpc) is 1.45. The Bertz CT molecular complexity index is 4400. The highest BCUT2D eigenvalue weighted by atomic mass is 32.2. The molecular weight excluding hydrogens is 1490 g/mol. The molecule has 0 aromatic heterocycles. The Morgan fingerprint density at radius 1 is 0.475 bits per heavy atom. The number of hydrogen-bond donors (Lipinski definition) is 0. The van der Waals surface area contributed by atoms with Gasteiger partial charge in [0, 0.05) is 45.8 Å². The van der Waals surface area contributed by atoms with Gasteiger partial charge in [0.1, 0.15) is 62.4 Å². The molecule has 0 N–H and O–H groups in total. The molecule has 14 bridgehead atoms. The van der Waals surface area contributed by atoms with Crippen LogP contribution in [-0.2, 0) is 114 Å². The number of fused-ring (bicyclic) bond motifs is 7. The molecule has 574 valence electrons. The van der Waals surface area contributed by atoms with E-state index in [1.165, 1.54) is 0 Å².